The Bertz CT molecular complexity index is 360. The number of hydrogen-bond acceptors (Lipinski definition) is 3. The van der Waals surface area contributed by atoms with Gasteiger partial charge in [-0.2, -0.15) is 0 Å². The average Bonchev–Trinajstić information content (AvgIpc) is 2.51. The lowest BCUT2D eigenvalue weighted by atomic mass is 10.0. The van der Waals surface area contributed by atoms with Gasteiger partial charge in [-0.05, 0) is 30.2 Å². The molecule has 1 heterocycles. The van der Waals surface area contributed by atoms with Gasteiger partial charge in [0.1, 0.15) is 0 Å². The highest BCUT2D eigenvalue weighted by Crippen LogP contribution is 2.18. The van der Waals surface area contributed by atoms with Crippen LogP contribution in [0.3, 0.4) is 0 Å². The molecule has 1 rings (SSSR count). The van der Waals surface area contributed by atoms with Crippen LogP contribution in [0.2, 0.25) is 0 Å². The largest absolute Gasteiger partial charge is 0.335 e. The van der Waals surface area contributed by atoms with Crippen LogP contribution in [0.1, 0.15) is 26.7 Å². The predicted octanol–water partition coefficient (Wildman–Crippen LogP) is 0.993. The van der Waals surface area contributed by atoms with Crippen molar-refractivity contribution in [1.29, 1.82) is 0 Å². The summed E-state index contributed by atoms with van der Waals surface area (Å²) in [6.45, 7) is 5.95. The number of likely N-dealkylation sites (N-methyl/N-ethyl adjacent to an activating group) is 1. The minimum atomic E-state index is -0.0600. The molecule has 1 amide bonds. The number of amides is 1. The Morgan fingerprint density at radius 2 is 2.37 bits per heavy atom. The number of nitrogens with zero attached hydrogens (tertiary/aromatic N) is 2. The van der Waals surface area contributed by atoms with Gasteiger partial charge >= 0.3 is 0 Å². The van der Waals surface area contributed by atoms with Crippen molar-refractivity contribution in [2.45, 2.75) is 32.7 Å². The van der Waals surface area contributed by atoms with Crippen molar-refractivity contribution < 1.29 is 4.79 Å². The zero-order valence-corrected chi connectivity index (χ0v) is 15.1. The topological polar surface area (TPSA) is 44.7 Å². The molecule has 1 aliphatic rings. The number of rotatable bonds is 5. The number of carbonyl (C=O) groups is 1. The lowest BCUT2D eigenvalue weighted by molar-refractivity contribution is -0.132. The van der Waals surface area contributed by atoms with Crippen molar-refractivity contribution in [3.63, 3.8) is 0 Å². The first-order chi connectivity index (χ1) is 9.12. The van der Waals surface area contributed by atoms with E-state index in [0.717, 1.165) is 23.8 Å². The number of aliphatic imine (C=N–C) groups is 1. The standard InChI is InChI=1S/C13H24IN3OS/c1-4-14-12(16-9-19)8-17-7-10(2)5-6-11(15-3)13(17)18/h9-11,15H,4-8H2,1-3H3,(H,16,19)/p+1. The molecule has 1 N–H and O–H groups in total. The molecule has 1 aliphatic heterocycles. The summed E-state index contributed by atoms with van der Waals surface area (Å²) in [5.41, 5.74) is 1.66. The van der Waals surface area contributed by atoms with Gasteiger partial charge in [0.05, 0.1) is 16.2 Å². The fourth-order valence-electron chi connectivity index (χ4n) is 2.26. The van der Waals surface area contributed by atoms with E-state index in [-0.39, 0.29) is 32.7 Å². The third-order valence-corrected chi connectivity index (χ3v) is 5.64. The molecule has 4 nitrogen and oxygen atoms in total. The molecule has 0 radical (unpaired) electrons. The minimum Gasteiger partial charge on any atom is -0.335 e. The summed E-state index contributed by atoms with van der Waals surface area (Å²) in [5.74, 6) is 0.796. The summed E-state index contributed by atoms with van der Waals surface area (Å²) >= 11 is 3.23. The number of nitrogens with one attached hydrogen (secondary N) is 1. The van der Waals surface area contributed by atoms with Crippen LogP contribution in [0.25, 0.3) is 0 Å². The number of halogens is 1. The second-order valence-corrected chi connectivity index (χ2v) is 8.57. The zero-order valence-electron chi connectivity index (χ0n) is 11.9. The molecular formula is C13H25IN3OS+. The van der Waals surface area contributed by atoms with Gasteiger partial charge in [0.25, 0.3) is 0 Å². The van der Waals surface area contributed by atoms with E-state index in [1.54, 1.807) is 5.55 Å². The molecule has 19 heavy (non-hydrogen) atoms. The molecule has 110 valence electrons. The molecule has 2 unspecified atom stereocenters. The van der Waals surface area contributed by atoms with Crippen LogP contribution in [-0.2, 0) is 17.4 Å². The van der Waals surface area contributed by atoms with Crippen molar-refractivity contribution >= 4 is 48.4 Å². The van der Waals surface area contributed by atoms with Gasteiger partial charge < -0.3 is 10.2 Å². The molecule has 0 aliphatic carbocycles. The van der Waals surface area contributed by atoms with Crippen LogP contribution in [0, 0.1) is 5.92 Å². The molecule has 0 spiro atoms. The smallest absolute Gasteiger partial charge is 0.240 e. The van der Waals surface area contributed by atoms with Gasteiger partial charge in [0, 0.05) is 19.2 Å². The van der Waals surface area contributed by atoms with E-state index in [1.807, 2.05) is 11.9 Å². The van der Waals surface area contributed by atoms with Crippen LogP contribution >= 0.6 is 20.7 Å². The highest BCUT2D eigenvalue weighted by Gasteiger charge is 2.28. The third kappa shape index (κ3) is 5.51. The summed E-state index contributed by atoms with van der Waals surface area (Å²) in [5, 5.41) is 3.14. The van der Waals surface area contributed by atoms with Crippen molar-refractivity contribution in [2.75, 3.05) is 24.6 Å². The molecule has 2 atom stereocenters. The maximum absolute atomic E-state index is 12.5. The summed E-state index contributed by atoms with van der Waals surface area (Å²) < 4.78 is 2.33. The van der Waals surface area contributed by atoms with Gasteiger partial charge in [0.2, 0.25) is 11.5 Å². The zero-order chi connectivity index (χ0) is 14.3. The van der Waals surface area contributed by atoms with E-state index in [2.05, 4.69) is 36.8 Å². The normalized spacial score (nSPS) is 26.4. The second kappa shape index (κ2) is 9.07. The van der Waals surface area contributed by atoms with Gasteiger partial charge in [-0.15, -0.1) is 0 Å². The Balaban J connectivity index is 2.82. The second-order valence-electron chi connectivity index (χ2n) is 4.78. The molecule has 1 saturated heterocycles. The SMILES string of the molecule is CCI=C(CN1CC(C)CCC(NC)C1=O)N=C[SH2+]. The van der Waals surface area contributed by atoms with Crippen LogP contribution in [0.5, 0.6) is 0 Å². The van der Waals surface area contributed by atoms with E-state index in [4.69, 9.17) is 0 Å². The molecule has 6 heteroatoms. The number of alkyl halides is 1. The first-order valence-corrected chi connectivity index (χ1v) is 9.91. The number of likely N-dealkylation sites (tertiary alicyclic amines) is 1. The van der Waals surface area contributed by atoms with Crippen molar-refractivity contribution in [3.8, 4) is 0 Å². The van der Waals surface area contributed by atoms with Crippen molar-refractivity contribution in [2.24, 2.45) is 10.9 Å². The van der Waals surface area contributed by atoms with E-state index in [9.17, 15) is 4.79 Å². The third-order valence-electron chi connectivity index (χ3n) is 3.25. The first kappa shape index (κ1) is 17.1. The molecule has 0 bridgehead atoms. The van der Waals surface area contributed by atoms with Gasteiger partial charge in [-0.25, -0.2) is 4.99 Å². The molecule has 0 saturated carbocycles. The Morgan fingerprint density at radius 1 is 1.63 bits per heavy atom. The van der Waals surface area contributed by atoms with Crippen LogP contribution in [0.15, 0.2) is 4.99 Å². The fraction of sp³-hybridized carbons (Fsp3) is 0.769. The van der Waals surface area contributed by atoms with Crippen LogP contribution < -0.4 is 5.32 Å². The van der Waals surface area contributed by atoms with Crippen LogP contribution in [-0.4, -0.2) is 50.6 Å². The molecule has 1 fully saturated rings. The van der Waals surface area contributed by atoms with Crippen molar-refractivity contribution in [1.82, 2.24) is 10.2 Å². The van der Waals surface area contributed by atoms with E-state index in [1.165, 1.54) is 3.63 Å². The van der Waals surface area contributed by atoms with E-state index in [0.29, 0.717) is 12.5 Å². The monoisotopic (exact) mass is 398 g/mol. The average molecular weight is 398 g/mol. The Kier molecular flexibility index (Phi) is 8.17. The lowest BCUT2D eigenvalue weighted by Crippen LogP contribution is -2.45. The summed E-state index contributed by atoms with van der Waals surface area (Å²) in [6.07, 6.45) is 2.04. The molecule has 0 aromatic heterocycles. The Morgan fingerprint density at radius 3 is 2.95 bits per heavy atom. The van der Waals surface area contributed by atoms with Gasteiger partial charge in [-0.3, -0.25) is 4.79 Å². The molecule has 0 aromatic rings. The summed E-state index contributed by atoms with van der Waals surface area (Å²) in [6, 6.07) is -0.0292. The Hall–Kier alpha value is 0.0500. The van der Waals surface area contributed by atoms with E-state index >= 15 is 0 Å². The highest BCUT2D eigenvalue weighted by molar-refractivity contribution is 14.2. The minimum absolute atomic E-state index is 0.0292. The van der Waals surface area contributed by atoms with E-state index < -0.39 is 0 Å². The molecule has 0 aromatic carbocycles. The summed E-state index contributed by atoms with van der Waals surface area (Å²) in [7, 11) is 1.87. The van der Waals surface area contributed by atoms with Gasteiger partial charge in [-0.1, -0.05) is 34.6 Å². The predicted molar refractivity (Wildman–Crippen MR) is 96.0 cm³/mol. The molecular weight excluding hydrogens is 373 g/mol. The highest BCUT2D eigenvalue weighted by atomic mass is 127. The lowest BCUT2D eigenvalue weighted by Gasteiger charge is -2.25. The number of hydrogen-bond donors (Lipinski definition) is 1. The van der Waals surface area contributed by atoms with Crippen molar-refractivity contribution in [3.05, 3.63) is 0 Å². The fourth-order valence-corrected chi connectivity index (χ4v) is 4.55. The van der Waals surface area contributed by atoms with Crippen LogP contribution in [0.4, 0.5) is 0 Å². The van der Waals surface area contributed by atoms with Gasteiger partial charge in [0.15, 0.2) is 0 Å². The Labute approximate surface area is 131 Å². The number of carbonyl (C=O) groups excluding carboxylic acids is 1. The quantitative estimate of drug-likeness (QED) is 0.247. The maximum atomic E-state index is 12.5. The maximum Gasteiger partial charge on any atom is 0.240 e. The first-order valence-electron chi connectivity index (χ1n) is 6.73. The summed E-state index contributed by atoms with van der Waals surface area (Å²) in [4.78, 5) is 18.8.